The monoisotopic (exact) mass is 430 g/mol. The second kappa shape index (κ2) is 10.4. The van der Waals surface area contributed by atoms with Gasteiger partial charge in [-0.25, -0.2) is 8.78 Å². The van der Waals surface area contributed by atoms with Crippen LogP contribution in [0.5, 0.6) is 0 Å². The van der Waals surface area contributed by atoms with Crippen molar-refractivity contribution in [1.29, 1.82) is 0 Å². The number of halogens is 4. The van der Waals surface area contributed by atoms with Crippen LogP contribution in [0.1, 0.15) is 30.1 Å². The zero-order valence-corrected chi connectivity index (χ0v) is 17.2. The second-order valence-corrected chi connectivity index (χ2v) is 7.10. The van der Waals surface area contributed by atoms with E-state index in [0.29, 0.717) is 12.6 Å². The summed E-state index contributed by atoms with van der Waals surface area (Å²) in [4.78, 5) is 2.30. The molecule has 2 aliphatic rings. The molecule has 0 bridgehead atoms. The predicted octanol–water partition coefficient (Wildman–Crippen LogP) is 4.68. The Balaban J connectivity index is 0.00000140. The number of ether oxygens (including phenoxy) is 1. The molecule has 4 rings (SSSR count). The molecule has 7 heteroatoms. The lowest BCUT2D eigenvalue weighted by Crippen LogP contribution is -2.50. The quantitative estimate of drug-likeness (QED) is 0.761. The molecule has 2 aromatic rings. The van der Waals surface area contributed by atoms with Gasteiger partial charge in [0.2, 0.25) is 0 Å². The molecule has 28 heavy (non-hydrogen) atoms. The fourth-order valence-corrected chi connectivity index (χ4v) is 4.00. The molecule has 0 saturated carbocycles. The minimum Gasteiger partial charge on any atom is -0.373 e. The third-order valence-corrected chi connectivity index (χ3v) is 5.37. The van der Waals surface area contributed by atoms with Gasteiger partial charge >= 0.3 is 0 Å². The topological polar surface area (TPSA) is 24.5 Å². The third kappa shape index (κ3) is 5.35. The molecule has 1 N–H and O–H groups in total. The van der Waals surface area contributed by atoms with Crippen LogP contribution in [0.2, 0.25) is 0 Å². The molecule has 2 aliphatic heterocycles. The van der Waals surface area contributed by atoms with Gasteiger partial charge in [-0.3, -0.25) is 0 Å². The molecule has 154 valence electrons. The maximum absolute atomic E-state index is 13.4. The predicted molar refractivity (Wildman–Crippen MR) is 113 cm³/mol. The van der Waals surface area contributed by atoms with Crippen molar-refractivity contribution < 1.29 is 13.5 Å². The second-order valence-electron chi connectivity index (χ2n) is 7.10. The molecule has 3 nitrogen and oxygen atoms in total. The lowest BCUT2D eigenvalue weighted by Gasteiger charge is -2.36. The van der Waals surface area contributed by atoms with E-state index in [-0.39, 0.29) is 42.6 Å². The summed E-state index contributed by atoms with van der Waals surface area (Å²) < 4.78 is 32.5. The molecule has 0 aliphatic carbocycles. The Kier molecular flexibility index (Phi) is 8.50. The lowest BCUT2D eigenvalue weighted by molar-refractivity contribution is 0.0331. The molecule has 0 aromatic heterocycles. The number of piperazine rings is 1. The van der Waals surface area contributed by atoms with E-state index in [1.807, 2.05) is 18.2 Å². The highest BCUT2D eigenvalue weighted by Gasteiger charge is 2.25. The number of fused-ring (bicyclic) bond motifs is 1. The number of anilines is 1. The van der Waals surface area contributed by atoms with E-state index >= 15 is 0 Å². The van der Waals surface area contributed by atoms with Crippen molar-refractivity contribution in [1.82, 2.24) is 5.32 Å². The van der Waals surface area contributed by atoms with Crippen LogP contribution < -0.4 is 10.2 Å². The van der Waals surface area contributed by atoms with E-state index in [2.05, 4.69) is 10.2 Å². The first-order valence-corrected chi connectivity index (χ1v) is 9.33. The summed E-state index contributed by atoms with van der Waals surface area (Å²) in [6, 6.07) is 12.1. The molecular formula is C21H26Cl2F2N2O. The Labute approximate surface area is 177 Å². The van der Waals surface area contributed by atoms with Gasteiger partial charge in [0.1, 0.15) is 11.6 Å². The van der Waals surface area contributed by atoms with Crippen LogP contribution in [0.3, 0.4) is 0 Å². The molecule has 0 radical (unpaired) electrons. The molecular weight excluding hydrogens is 405 g/mol. The first-order valence-electron chi connectivity index (χ1n) is 9.33. The van der Waals surface area contributed by atoms with Crippen molar-refractivity contribution in [2.24, 2.45) is 0 Å². The SMILES string of the molecule is Cl.Cl.Fc1ccc(N2CCNC(CCC3OCCc4cc(F)ccc43)C2)cc1. The average Bonchev–Trinajstić information content (AvgIpc) is 2.67. The van der Waals surface area contributed by atoms with Gasteiger partial charge in [-0.1, -0.05) is 6.07 Å². The summed E-state index contributed by atoms with van der Waals surface area (Å²) >= 11 is 0. The van der Waals surface area contributed by atoms with E-state index in [1.54, 1.807) is 6.07 Å². The fraction of sp³-hybridized carbons (Fsp3) is 0.429. The van der Waals surface area contributed by atoms with Gasteiger partial charge in [-0.15, -0.1) is 24.8 Å². The Morgan fingerprint density at radius 2 is 1.75 bits per heavy atom. The maximum Gasteiger partial charge on any atom is 0.123 e. The fourth-order valence-electron chi connectivity index (χ4n) is 4.00. The summed E-state index contributed by atoms with van der Waals surface area (Å²) in [6.45, 7) is 3.38. The van der Waals surface area contributed by atoms with Crippen molar-refractivity contribution in [2.45, 2.75) is 31.4 Å². The van der Waals surface area contributed by atoms with Crippen LogP contribution in [0.25, 0.3) is 0 Å². The van der Waals surface area contributed by atoms with Crippen LogP contribution in [0.15, 0.2) is 42.5 Å². The van der Waals surface area contributed by atoms with Crippen LogP contribution in [0.4, 0.5) is 14.5 Å². The molecule has 1 saturated heterocycles. The average molecular weight is 431 g/mol. The molecule has 1 fully saturated rings. The number of benzene rings is 2. The lowest BCUT2D eigenvalue weighted by atomic mass is 9.93. The van der Waals surface area contributed by atoms with Gasteiger partial charge in [0.25, 0.3) is 0 Å². The first kappa shape index (κ1) is 22.9. The molecule has 0 spiro atoms. The number of rotatable bonds is 4. The number of hydrogen-bond acceptors (Lipinski definition) is 3. The van der Waals surface area contributed by atoms with E-state index in [4.69, 9.17) is 4.74 Å². The third-order valence-electron chi connectivity index (χ3n) is 5.37. The van der Waals surface area contributed by atoms with Gasteiger partial charge in [-0.05, 0) is 66.8 Å². The number of nitrogens with one attached hydrogen (secondary N) is 1. The first-order chi connectivity index (χ1) is 12.7. The van der Waals surface area contributed by atoms with E-state index < -0.39 is 0 Å². The Morgan fingerprint density at radius 3 is 2.54 bits per heavy atom. The van der Waals surface area contributed by atoms with Crippen LogP contribution >= 0.6 is 24.8 Å². The minimum atomic E-state index is -0.204. The van der Waals surface area contributed by atoms with Crippen molar-refractivity contribution in [3.8, 4) is 0 Å². The van der Waals surface area contributed by atoms with E-state index in [1.165, 1.54) is 18.2 Å². The van der Waals surface area contributed by atoms with Gasteiger partial charge in [-0.2, -0.15) is 0 Å². The van der Waals surface area contributed by atoms with Gasteiger partial charge < -0.3 is 15.0 Å². The Hall–Kier alpha value is -1.40. The smallest absolute Gasteiger partial charge is 0.123 e. The molecule has 2 unspecified atom stereocenters. The summed E-state index contributed by atoms with van der Waals surface area (Å²) in [5.41, 5.74) is 3.27. The van der Waals surface area contributed by atoms with Gasteiger partial charge in [0.15, 0.2) is 0 Å². The Bertz CT molecular complexity index is 761. The Morgan fingerprint density at radius 1 is 1.00 bits per heavy atom. The van der Waals surface area contributed by atoms with E-state index in [9.17, 15) is 8.78 Å². The standard InChI is InChI=1S/C21H24F2N2O.2ClH/c22-16-1-5-19(6-2-16)25-11-10-24-18(14-25)4-8-21-20-7-3-17(23)13-15(20)9-12-26-21;;/h1-3,5-7,13,18,21,24H,4,8-12,14H2;2*1H. The number of hydrogen-bond donors (Lipinski definition) is 1. The van der Waals surface area contributed by atoms with Gasteiger partial charge in [0, 0.05) is 31.4 Å². The summed E-state index contributed by atoms with van der Waals surface area (Å²) in [5, 5.41) is 3.57. The maximum atomic E-state index is 13.4. The zero-order chi connectivity index (χ0) is 17.9. The van der Waals surface area contributed by atoms with Crippen LogP contribution in [0, 0.1) is 11.6 Å². The molecule has 2 aromatic carbocycles. The summed E-state index contributed by atoms with van der Waals surface area (Å²) in [5.74, 6) is -0.377. The summed E-state index contributed by atoms with van der Waals surface area (Å²) in [6.07, 6.45) is 2.72. The van der Waals surface area contributed by atoms with Crippen molar-refractivity contribution in [3.63, 3.8) is 0 Å². The van der Waals surface area contributed by atoms with E-state index in [0.717, 1.165) is 55.7 Å². The normalized spacial score (nSPS) is 21.3. The highest BCUT2D eigenvalue weighted by Crippen LogP contribution is 2.32. The molecule has 2 heterocycles. The molecule has 0 amide bonds. The largest absolute Gasteiger partial charge is 0.373 e. The highest BCUT2D eigenvalue weighted by molar-refractivity contribution is 5.85. The summed E-state index contributed by atoms with van der Waals surface area (Å²) in [7, 11) is 0. The molecule has 2 atom stereocenters. The van der Waals surface area contributed by atoms with Gasteiger partial charge in [0.05, 0.1) is 12.7 Å². The highest BCUT2D eigenvalue weighted by atomic mass is 35.5. The van der Waals surface area contributed by atoms with Crippen LogP contribution in [-0.2, 0) is 11.2 Å². The van der Waals surface area contributed by atoms with Crippen LogP contribution in [-0.4, -0.2) is 32.3 Å². The van der Waals surface area contributed by atoms with Crippen molar-refractivity contribution in [2.75, 3.05) is 31.1 Å². The van der Waals surface area contributed by atoms with Crippen molar-refractivity contribution in [3.05, 3.63) is 65.2 Å². The minimum absolute atomic E-state index is 0. The zero-order valence-electron chi connectivity index (χ0n) is 15.6. The number of nitrogens with zero attached hydrogens (tertiary/aromatic N) is 1. The van der Waals surface area contributed by atoms with Crippen molar-refractivity contribution >= 4 is 30.5 Å².